The fourth-order valence-corrected chi connectivity index (χ4v) is 10.3. The van der Waals surface area contributed by atoms with E-state index in [4.69, 9.17) is 9.47 Å². The van der Waals surface area contributed by atoms with Gasteiger partial charge in [0, 0.05) is 26.1 Å². The number of carbonyl (C=O) groups excluding carboxylic acids is 6. The van der Waals surface area contributed by atoms with Crippen LogP contribution in [-0.2, 0) is 58.2 Å². The third-order valence-electron chi connectivity index (χ3n) is 12.6. The lowest BCUT2D eigenvalue weighted by Crippen LogP contribution is -2.60. The molecule has 16 nitrogen and oxygen atoms in total. The van der Waals surface area contributed by atoms with Crippen LogP contribution in [0.3, 0.4) is 0 Å². The number of benzene rings is 1. The van der Waals surface area contributed by atoms with Crippen LogP contribution in [-0.4, -0.2) is 114 Å². The zero-order valence-electron chi connectivity index (χ0n) is 33.5. The maximum atomic E-state index is 14.8. The molecule has 5 bridgehead atoms. The average molecular weight is 825 g/mol. The van der Waals surface area contributed by atoms with Gasteiger partial charge in [-0.2, -0.15) is 0 Å². The van der Waals surface area contributed by atoms with Gasteiger partial charge in [0.1, 0.15) is 23.7 Å². The van der Waals surface area contributed by atoms with E-state index in [2.05, 4.69) is 28.0 Å². The first-order valence-corrected chi connectivity index (χ1v) is 22.2. The predicted molar refractivity (Wildman–Crippen MR) is 210 cm³/mol. The molecule has 0 aromatic heterocycles. The normalized spacial score (nSPS) is 29.7. The molecule has 0 spiro atoms. The van der Waals surface area contributed by atoms with Crippen molar-refractivity contribution in [1.82, 2.24) is 30.1 Å². The van der Waals surface area contributed by atoms with E-state index < -0.39 is 74.8 Å². The molecule has 2 saturated carbocycles. The monoisotopic (exact) mass is 824 g/mol. The van der Waals surface area contributed by atoms with Crippen molar-refractivity contribution in [2.45, 2.75) is 133 Å². The number of sulfonamides is 1. The molecule has 58 heavy (non-hydrogen) atoms. The zero-order chi connectivity index (χ0) is 41.4. The minimum absolute atomic E-state index is 0.0687. The van der Waals surface area contributed by atoms with Crippen molar-refractivity contribution < 1.29 is 46.7 Å². The molecule has 0 unspecified atom stereocenters. The Bertz CT molecular complexity index is 1950. The lowest BCUT2D eigenvalue weighted by molar-refractivity contribution is -0.142. The highest BCUT2D eigenvalue weighted by atomic mass is 32.2. The predicted octanol–water partition coefficient (Wildman–Crippen LogP) is 3.03. The smallest absolute Gasteiger partial charge is 0.410 e. The molecule has 2 aliphatic carbocycles. The lowest BCUT2D eigenvalue weighted by Gasteiger charge is -2.32. The Hall–Kier alpha value is -4.67. The molecule has 17 heteroatoms. The topological polar surface area (TPSA) is 201 Å². The van der Waals surface area contributed by atoms with Crippen molar-refractivity contribution in [2.75, 3.05) is 26.2 Å². The minimum atomic E-state index is -3.93. The van der Waals surface area contributed by atoms with Gasteiger partial charge in [0.05, 0.1) is 24.9 Å². The fraction of sp³-hybridized carbons (Fsp3) is 0.659. The Morgan fingerprint density at radius 2 is 1.76 bits per heavy atom. The molecule has 4 heterocycles. The molecule has 2 saturated heterocycles. The summed E-state index contributed by atoms with van der Waals surface area (Å²) in [6, 6.07) is 3.40. The van der Waals surface area contributed by atoms with Crippen molar-refractivity contribution in [3.05, 3.63) is 47.5 Å². The van der Waals surface area contributed by atoms with Gasteiger partial charge in [-0.05, 0) is 85.5 Å². The summed E-state index contributed by atoms with van der Waals surface area (Å²) in [7, 11) is -3.93. The molecule has 1 aromatic carbocycles. The second-order valence-electron chi connectivity index (χ2n) is 17.7. The average Bonchev–Trinajstić information content (AvgIpc) is 4.07. The molecule has 6 aliphatic rings. The van der Waals surface area contributed by atoms with Gasteiger partial charge in [-0.1, -0.05) is 57.9 Å². The van der Waals surface area contributed by atoms with Crippen LogP contribution in [0.5, 0.6) is 0 Å². The van der Waals surface area contributed by atoms with Gasteiger partial charge in [-0.25, -0.2) is 18.0 Å². The number of alkyl carbamates (subject to hydrolysis) is 1. The minimum Gasteiger partial charge on any atom is -0.449 e. The van der Waals surface area contributed by atoms with E-state index >= 15 is 0 Å². The van der Waals surface area contributed by atoms with Gasteiger partial charge in [0.25, 0.3) is 5.91 Å². The quantitative estimate of drug-likeness (QED) is 0.379. The zero-order valence-corrected chi connectivity index (χ0v) is 34.3. The summed E-state index contributed by atoms with van der Waals surface area (Å²) in [6.45, 7) is 8.17. The van der Waals surface area contributed by atoms with Gasteiger partial charge in [0.2, 0.25) is 27.7 Å². The number of nitrogens with one attached hydrogen (secondary N) is 3. The Balaban J connectivity index is 1.22. The van der Waals surface area contributed by atoms with E-state index in [9.17, 15) is 37.2 Å². The second kappa shape index (κ2) is 16.5. The standard InChI is InChI=1S/C41H56N6O10S/c1-4-34(48)45-18-9-5-6-14-28-20-41(28,37(51)44-58(54,55)30-15-16-30)43-35(49)33-19-29-22-47(33)36(50)32(24-45)42-38(52)56-25-40(2,3)17-8-7-11-26-12-10-13-27-21-46(23-31(26)27)39(53)57-29/h4,10,12-13,28-30,32-33H,1,5-9,11,14-25H2,2-3H3,(H,42,52)(H,43,49)(H,44,51)/t28-,29-,32+,33+,41+/m1/s1. The van der Waals surface area contributed by atoms with E-state index in [-0.39, 0.29) is 50.4 Å². The molecule has 6 amide bonds. The van der Waals surface area contributed by atoms with E-state index in [0.29, 0.717) is 51.6 Å². The number of hydrogen-bond acceptors (Lipinski definition) is 10. The maximum Gasteiger partial charge on any atom is 0.410 e. The Labute approximate surface area is 339 Å². The second-order valence-corrected chi connectivity index (χ2v) is 19.6. The van der Waals surface area contributed by atoms with E-state index in [1.165, 1.54) is 9.80 Å². The van der Waals surface area contributed by atoms with Gasteiger partial charge in [-0.15, -0.1) is 0 Å². The molecule has 7 rings (SSSR count). The molecule has 1 aromatic rings. The molecule has 4 aliphatic heterocycles. The summed E-state index contributed by atoms with van der Waals surface area (Å²) in [5, 5.41) is 4.87. The largest absolute Gasteiger partial charge is 0.449 e. The van der Waals surface area contributed by atoms with E-state index in [0.717, 1.165) is 48.4 Å². The number of amides is 6. The van der Waals surface area contributed by atoms with Crippen molar-refractivity contribution in [2.24, 2.45) is 11.3 Å². The van der Waals surface area contributed by atoms with Crippen LogP contribution in [0.4, 0.5) is 9.59 Å². The number of fused-ring (bicyclic) bond motifs is 4. The number of rotatable bonds is 4. The number of hydrogen-bond donors (Lipinski definition) is 3. The van der Waals surface area contributed by atoms with Gasteiger partial charge in [0.15, 0.2) is 0 Å². The van der Waals surface area contributed by atoms with Crippen LogP contribution in [0.2, 0.25) is 0 Å². The number of aryl methyl sites for hydroxylation is 1. The number of nitrogens with zero attached hydrogens (tertiary/aromatic N) is 3. The van der Waals surface area contributed by atoms with Crippen molar-refractivity contribution in [3.8, 4) is 0 Å². The fourth-order valence-electron chi connectivity index (χ4n) is 8.93. The van der Waals surface area contributed by atoms with Crippen LogP contribution in [0, 0.1) is 11.3 Å². The molecule has 4 fully saturated rings. The first-order valence-electron chi connectivity index (χ1n) is 20.7. The third kappa shape index (κ3) is 9.13. The summed E-state index contributed by atoms with van der Waals surface area (Å²) in [5.74, 6) is -3.08. The van der Waals surface area contributed by atoms with Crippen LogP contribution in [0.1, 0.15) is 101 Å². The van der Waals surface area contributed by atoms with Crippen molar-refractivity contribution >= 4 is 45.8 Å². The molecular weight excluding hydrogens is 769 g/mol. The van der Waals surface area contributed by atoms with Crippen LogP contribution in [0.25, 0.3) is 0 Å². The SMILES string of the molecule is C=CC(=O)N1CCCCC[C@@H]2C[C@]2(C(=O)NS(=O)(=O)C2CC2)NC(=O)[C@@H]2C[C@@H]3CN2C(=O)[C@H](C1)NC(=O)OCC(C)(C)CCCCc1cccc2c1CN(C2)C(=O)O3. The molecule has 5 atom stereocenters. The van der Waals surface area contributed by atoms with Crippen LogP contribution in [0.15, 0.2) is 30.9 Å². The van der Waals surface area contributed by atoms with E-state index in [1.807, 2.05) is 26.0 Å². The maximum absolute atomic E-state index is 14.8. The third-order valence-corrected chi connectivity index (χ3v) is 14.4. The van der Waals surface area contributed by atoms with Crippen LogP contribution >= 0.6 is 0 Å². The number of ether oxygens (including phenoxy) is 2. The van der Waals surface area contributed by atoms with Crippen LogP contribution < -0.4 is 15.4 Å². The first-order chi connectivity index (χ1) is 27.6. The van der Waals surface area contributed by atoms with Gasteiger partial charge in [-0.3, -0.25) is 28.8 Å². The highest BCUT2D eigenvalue weighted by molar-refractivity contribution is 7.91. The number of cyclic esters (lactones) is 1. The molecule has 3 N–H and O–H groups in total. The highest BCUT2D eigenvalue weighted by Crippen LogP contribution is 2.48. The summed E-state index contributed by atoms with van der Waals surface area (Å²) >= 11 is 0. The summed E-state index contributed by atoms with van der Waals surface area (Å²) in [6.07, 6.45) is 5.31. The molecule has 0 radical (unpaired) electrons. The highest BCUT2D eigenvalue weighted by Gasteiger charge is 2.62. The van der Waals surface area contributed by atoms with E-state index in [1.54, 1.807) is 4.90 Å². The summed E-state index contributed by atoms with van der Waals surface area (Å²) < 4.78 is 39.7. The molecular formula is C41H56N6O10S. The Morgan fingerprint density at radius 1 is 0.983 bits per heavy atom. The van der Waals surface area contributed by atoms with Gasteiger partial charge < -0.3 is 29.9 Å². The lowest BCUT2D eigenvalue weighted by atomic mass is 9.87. The van der Waals surface area contributed by atoms with Crippen molar-refractivity contribution in [3.63, 3.8) is 0 Å². The molecule has 316 valence electrons. The van der Waals surface area contributed by atoms with Crippen molar-refractivity contribution in [1.29, 1.82) is 0 Å². The Kier molecular flexibility index (Phi) is 11.8. The summed E-state index contributed by atoms with van der Waals surface area (Å²) in [5.41, 5.74) is 1.35. The summed E-state index contributed by atoms with van der Waals surface area (Å²) in [4.78, 5) is 87.8. The Morgan fingerprint density at radius 3 is 2.52 bits per heavy atom. The number of carbonyl (C=O) groups is 6. The first kappa shape index (κ1) is 41.5. The van der Waals surface area contributed by atoms with Gasteiger partial charge >= 0.3 is 12.2 Å².